The lowest BCUT2D eigenvalue weighted by Crippen LogP contribution is -2.28. The number of hydrogen-bond acceptors (Lipinski definition) is 3. The highest BCUT2D eigenvalue weighted by Crippen LogP contribution is 2.12. The van der Waals surface area contributed by atoms with Crippen molar-refractivity contribution in [3.63, 3.8) is 0 Å². The van der Waals surface area contributed by atoms with Crippen LogP contribution >= 0.6 is 0 Å². The largest absolute Gasteiger partial charge is 0.325 e. The maximum atomic E-state index is 11.8. The van der Waals surface area contributed by atoms with Crippen LogP contribution in [0.2, 0.25) is 0 Å². The van der Waals surface area contributed by atoms with Crippen LogP contribution in [0.3, 0.4) is 0 Å². The monoisotopic (exact) mass is 258 g/mol. The van der Waals surface area contributed by atoms with Crippen molar-refractivity contribution in [2.45, 2.75) is 13.5 Å². The Balaban J connectivity index is 1.79. The van der Waals surface area contributed by atoms with E-state index in [1.165, 1.54) is 0 Å². The number of carbonyl (C=O) groups excluding carboxylic acids is 1. The minimum Gasteiger partial charge on any atom is -0.325 e. The quantitative estimate of drug-likeness (QED) is 0.853. The first kappa shape index (κ1) is 13.3. The lowest BCUT2D eigenvalue weighted by Gasteiger charge is -2.09. The molecular formula is C14H18N4O. The van der Waals surface area contributed by atoms with Gasteiger partial charge in [-0.25, -0.2) is 0 Å². The lowest BCUT2D eigenvalue weighted by atomic mass is 10.2. The molecule has 1 amide bonds. The van der Waals surface area contributed by atoms with Crippen molar-refractivity contribution < 1.29 is 4.79 Å². The molecule has 1 aromatic carbocycles. The number of rotatable bonds is 5. The van der Waals surface area contributed by atoms with E-state index in [1.54, 1.807) is 10.9 Å². The van der Waals surface area contributed by atoms with Crippen LogP contribution in [-0.2, 0) is 18.4 Å². The Bertz CT molecular complexity index is 562. The summed E-state index contributed by atoms with van der Waals surface area (Å²) in [5.41, 5.74) is 2.96. The van der Waals surface area contributed by atoms with Gasteiger partial charge in [-0.15, -0.1) is 0 Å². The van der Waals surface area contributed by atoms with Gasteiger partial charge >= 0.3 is 0 Å². The lowest BCUT2D eigenvalue weighted by molar-refractivity contribution is -0.115. The molecule has 5 heteroatoms. The van der Waals surface area contributed by atoms with Crippen molar-refractivity contribution in [3.05, 3.63) is 47.8 Å². The topological polar surface area (TPSA) is 59.0 Å². The van der Waals surface area contributed by atoms with E-state index >= 15 is 0 Å². The second-order valence-corrected chi connectivity index (χ2v) is 4.41. The molecule has 0 aliphatic carbocycles. The van der Waals surface area contributed by atoms with Crippen LogP contribution in [0, 0.1) is 6.92 Å². The first-order chi connectivity index (χ1) is 9.16. The fourth-order valence-corrected chi connectivity index (χ4v) is 1.79. The van der Waals surface area contributed by atoms with Crippen LogP contribution in [0.1, 0.15) is 11.3 Å². The molecule has 0 aliphatic rings. The average molecular weight is 258 g/mol. The van der Waals surface area contributed by atoms with Crippen LogP contribution in [0.15, 0.2) is 36.5 Å². The van der Waals surface area contributed by atoms with Crippen LogP contribution in [0.5, 0.6) is 0 Å². The SMILES string of the molecule is Cc1ccccc1NC(=O)CNCc1ccnn1C. The summed E-state index contributed by atoms with van der Waals surface area (Å²) in [6.45, 7) is 2.87. The highest BCUT2D eigenvalue weighted by Gasteiger charge is 2.04. The molecule has 0 atom stereocenters. The molecule has 0 unspecified atom stereocenters. The molecule has 2 aromatic rings. The molecule has 0 aliphatic heterocycles. The molecule has 1 heterocycles. The first-order valence-corrected chi connectivity index (χ1v) is 6.20. The van der Waals surface area contributed by atoms with Gasteiger partial charge < -0.3 is 10.6 Å². The smallest absolute Gasteiger partial charge is 0.238 e. The second-order valence-electron chi connectivity index (χ2n) is 4.41. The zero-order valence-corrected chi connectivity index (χ0v) is 11.2. The third-order valence-corrected chi connectivity index (χ3v) is 2.93. The number of nitrogens with zero attached hydrogens (tertiary/aromatic N) is 2. The molecule has 2 rings (SSSR count). The highest BCUT2D eigenvalue weighted by molar-refractivity contribution is 5.92. The molecule has 0 fully saturated rings. The van der Waals surface area contributed by atoms with E-state index in [1.807, 2.05) is 44.3 Å². The van der Waals surface area contributed by atoms with Crippen molar-refractivity contribution >= 4 is 11.6 Å². The summed E-state index contributed by atoms with van der Waals surface area (Å²) in [5, 5.41) is 10.0. The van der Waals surface area contributed by atoms with E-state index in [4.69, 9.17) is 0 Å². The number of anilines is 1. The minimum absolute atomic E-state index is 0.0449. The van der Waals surface area contributed by atoms with Gasteiger partial charge in [0.2, 0.25) is 5.91 Å². The summed E-state index contributed by atoms with van der Waals surface area (Å²) >= 11 is 0. The van der Waals surface area contributed by atoms with Gasteiger partial charge in [0.25, 0.3) is 0 Å². The van der Waals surface area contributed by atoms with Crippen LogP contribution in [0.25, 0.3) is 0 Å². The fourth-order valence-electron chi connectivity index (χ4n) is 1.79. The van der Waals surface area contributed by atoms with Crippen LogP contribution in [0.4, 0.5) is 5.69 Å². The zero-order valence-electron chi connectivity index (χ0n) is 11.2. The summed E-state index contributed by atoms with van der Waals surface area (Å²) in [6.07, 6.45) is 1.74. The highest BCUT2D eigenvalue weighted by atomic mass is 16.1. The molecular weight excluding hydrogens is 240 g/mol. The van der Waals surface area contributed by atoms with Crippen LogP contribution in [-0.4, -0.2) is 22.2 Å². The van der Waals surface area contributed by atoms with Gasteiger partial charge in [-0.05, 0) is 24.6 Å². The van der Waals surface area contributed by atoms with Crippen molar-refractivity contribution in [1.82, 2.24) is 15.1 Å². The zero-order chi connectivity index (χ0) is 13.7. The molecule has 5 nitrogen and oxygen atoms in total. The number of carbonyl (C=O) groups is 1. The number of aromatic nitrogens is 2. The minimum atomic E-state index is -0.0449. The molecule has 100 valence electrons. The van der Waals surface area contributed by atoms with Gasteiger partial charge in [0.15, 0.2) is 0 Å². The number of hydrogen-bond donors (Lipinski definition) is 2. The summed E-state index contributed by atoms with van der Waals surface area (Å²) < 4.78 is 1.78. The predicted octanol–water partition coefficient (Wildman–Crippen LogP) is 1.46. The molecule has 19 heavy (non-hydrogen) atoms. The Morgan fingerprint density at radius 1 is 1.32 bits per heavy atom. The van der Waals surface area contributed by atoms with E-state index < -0.39 is 0 Å². The van der Waals surface area contributed by atoms with Crippen molar-refractivity contribution in [1.29, 1.82) is 0 Å². The first-order valence-electron chi connectivity index (χ1n) is 6.20. The second kappa shape index (κ2) is 6.15. The molecule has 2 N–H and O–H groups in total. The Morgan fingerprint density at radius 3 is 2.79 bits per heavy atom. The summed E-state index contributed by atoms with van der Waals surface area (Å²) in [6, 6.07) is 9.65. The van der Waals surface area contributed by atoms with Crippen LogP contribution < -0.4 is 10.6 Å². The van der Waals surface area contributed by atoms with E-state index in [0.29, 0.717) is 6.54 Å². The summed E-state index contributed by atoms with van der Waals surface area (Å²) in [4.78, 5) is 11.8. The maximum absolute atomic E-state index is 11.8. The Hall–Kier alpha value is -2.14. The number of benzene rings is 1. The molecule has 0 spiro atoms. The molecule has 1 aromatic heterocycles. The predicted molar refractivity (Wildman–Crippen MR) is 74.7 cm³/mol. The number of nitrogens with one attached hydrogen (secondary N) is 2. The van der Waals surface area contributed by atoms with E-state index in [2.05, 4.69) is 15.7 Å². The normalized spacial score (nSPS) is 10.4. The number of para-hydroxylation sites is 1. The molecule has 0 saturated heterocycles. The average Bonchev–Trinajstić information content (AvgIpc) is 2.78. The van der Waals surface area contributed by atoms with Crippen molar-refractivity contribution in [2.24, 2.45) is 7.05 Å². The maximum Gasteiger partial charge on any atom is 0.238 e. The van der Waals surface area contributed by atoms with Crippen molar-refractivity contribution in [3.8, 4) is 0 Å². The standard InChI is InChI=1S/C14H18N4O/c1-11-5-3-4-6-13(11)17-14(19)10-15-9-12-7-8-16-18(12)2/h3-8,15H,9-10H2,1-2H3,(H,17,19). The third kappa shape index (κ3) is 3.66. The van der Waals surface area contributed by atoms with Gasteiger partial charge in [-0.1, -0.05) is 18.2 Å². The fraction of sp³-hybridized carbons (Fsp3) is 0.286. The van der Waals surface area contributed by atoms with Gasteiger partial charge in [0.05, 0.1) is 12.2 Å². The Labute approximate surface area is 112 Å². The molecule has 0 saturated carbocycles. The van der Waals surface area contributed by atoms with Gasteiger partial charge in [-0.2, -0.15) is 5.10 Å². The summed E-state index contributed by atoms with van der Waals surface area (Å²) in [5.74, 6) is -0.0449. The Morgan fingerprint density at radius 2 is 2.11 bits per heavy atom. The third-order valence-electron chi connectivity index (χ3n) is 2.93. The van der Waals surface area contributed by atoms with Crippen molar-refractivity contribution in [2.75, 3.05) is 11.9 Å². The number of amides is 1. The molecule has 0 radical (unpaired) electrons. The van der Waals surface area contributed by atoms with E-state index in [-0.39, 0.29) is 12.5 Å². The summed E-state index contributed by atoms with van der Waals surface area (Å²) in [7, 11) is 1.88. The van der Waals surface area contributed by atoms with E-state index in [9.17, 15) is 4.79 Å². The Kier molecular flexibility index (Phi) is 4.30. The van der Waals surface area contributed by atoms with Gasteiger partial charge in [0, 0.05) is 25.5 Å². The molecule has 0 bridgehead atoms. The van der Waals surface area contributed by atoms with Gasteiger partial charge in [-0.3, -0.25) is 9.48 Å². The van der Waals surface area contributed by atoms with Gasteiger partial charge in [0.1, 0.15) is 0 Å². The number of aryl methyl sites for hydroxylation is 2. The van der Waals surface area contributed by atoms with E-state index in [0.717, 1.165) is 16.9 Å².